The third-order valence-corrected chi connectivity index (χ3v) is 5.14. The minimum absolute atomic E-state index is 0.0879. The van der Waals surface area contributed by atoms with Crippen molar-refractivity contribution in [2.24, 2.45) is 5.92 Å². The molecule has 0 heterocycles. The average molecular weight is 340 g/mol. The van der Waals surface area contributed by atoms with Gasteiger partial charge in [0.05, 0.1) is 14.9 Å². The van der Waals surface area contributed by atoms with E-state index in [0.29, 0.717) is 6.42 Å². The van der Waals surface area contributed by atoms with E-state index in [9.17, 15) is 13.2 Å². The molecule has 0 aromatic heterocycles. The highest BCUT2D eigenvalue weighted by Crippen LogP contribution is 2.25. The fourth-order valence-corrected chi connectivity index (χ4v) is 3.21. The van der Waals surface area contributed by atoms with Gasteiger partial charge in [-0.2, -0.15) is 4.72 Å². The second kappa shape index (κ2) is 6.76. The third kappa shape index (κ3) is 4.09. The van der Waals surface area contributed by atoms with Crippen molar-refractivity contribution in [2.75, 3.05) is 0 Å². The minimum atomic E-state index is -3.97. The Balaban J connectivity index is 3.09. The highest BCUT2D eigenvalue weighted by Gasteiger charge is 2.29. The zero-order valence-corrected chi connectivity index (χ0v) is 13.3. The van der Waals surface area contributed by atoms with Crippen molar-refractivity contribution < 1.29 is 18.3 Å². The second-order valence-electron chi connectivity index (χ2n) is 4.40. The molecular formula is C12H15Cl2NO4S. The maximum Gasteiger partial charge on any atom is 0.322 e. The van der Waals surface area contributed by atoms with Gasteiger partial charge in [0.25, 0.3) is 0 Å². The molecule has 0 fully saturated rings. The number of rotatable bonds is 6. The van der Waals surface area contributed by atoms with Crippen LogP contribution in [0, 0.1) is 5.92 Å². The van der Waals surface area contributed by atoms with Crippen molar-refractivity contribution in [2.45, 2.75) is 31.2 Å². The second-order valence-corrected chi connectivity index (χ2v) is 6.93. The predicted molar refractivity (Wildman–Crippen MR) is 77.7 cm³/mol. The molecule has 20 heavy (non-hydrogen) atoms. The Morgan fingerprint density at radius 1 is 1.35 bits per heavy atom. The average Bonchev–Trinajstić information content (AvgIpc) is 2.38. The van der Waals surface area contributed by atoms with Gasteiger partial charge in [-0.1, -0.05) is 43.5 Å². The molecule has 0 aliphatic heterocycles. The highest BCUT2D eigenvalue weighted by molar-refractivity contribution is 7.89. The van der Waals surface area contributed by atoms with E-state index in [1.54, 1.807) is 13.8 Å². The molecule has 1 aromatic rings. The third-order valence-electron chi connectivity index (χ3n) is 2.96. The number of sulfonamides is 1. The van der Waals surface area contributed by atoms with E-state index in [2.05, 4.69) is 4.72 Å². The summed E-state index contributed by atoms with van der Waals surface area (Å²) in [5.41, 5.74) is 0. The first kappa shape index (κ1) is 17.2. The molecule has 2 N–H and O–H groups in total. The standard InChI is InChI=1S/C12H15Cl2NO4S/c1-3-7(2)11(12(16)17)15-20(18,19)8-4-5-9(13)10(14)6-8/h4-7,11,15H,3H2,1-2H3,(H,16,17). The van der Waals surface area contributed by atoms with Crippen LogP contribution in [0.15, 0.2) is 23.1 Å². The Labute approximate surface area is 127 Å². The molecule has 0 bridgehead atoms. The summed E-state index contributed by atoms with van der Waals surface area (Å²) in [6, 6.07) is 2.60. The summed E-state index contributed by atoms with van der Waals surface area (Å²) in [6.45, 7) is 3.45. The molecule has 1 aromatic carbocycles. The highest BCUT2D eigenvalue weighted by atomic mass is 35.5. The first-order valence-electron chi connectivity index (χ1n) is 5.89. The van der Waals surface area contributed by atoms with Crippen LogP contribution >= 0.6 is 23.2 Å². The molecule has 2 unspecified atom stereocenters. The molecule has 0 radical (unpaired) electrons. The quantitative estimate of drug-likeness (QED) is 0.834. The maximum absolute atomic E-state index is 12.2. The summed E-state index contributed by atoms with van der Waals surface area (Å²) in [7, 11) is -3.97. The van der Waals surface area contributed by atoms with Gasteiger partial charge in [0.2, 0.25) is 10.0 Å². The zero-order valence-electron chi connectivity index (χ0n) is 10.9. The lowest BCUT2D eigenvalue weighted by Gasteiger charge is -2.20. The largest absolute Gasteiger partial charge is 0.480 e. The summed E-state index contributed by atoms with van der Waals surface area (Å²) < 4.78 is 26.5. The number of carboxylic acids is 1. The van der Waals surface area contributed by atoms with Crippen LogP contribution in [0.2, 0.25) is 10.0 Å². The lowest BCUT2D eigenvalue weighted by Crippen LogP contribution is -2.44. The number of hydrogen-bond acceptors (Lipinski definition) is 3. The predicted octanol–water partition coefficient (Wildman–Crippen LogP) is 2.77. The van der Waals surface area contributed by atoms with E-state index in [-0.39, 0.29) is 20.9 Å². The van der Waals surface area contributed by atoms with E-state index in [1.807, 2.05) is 0 Å². The molecule has 1 rings (SSSR count). The van der Waals surface area contributed by atoms with Crippen molar-refractivity contribution in [3.05, 3.63) is 28.2 Å². The van der Waals surface area contributed by atoms with Gasteiger partial charge in [0, 0.05) is 0 Å². The number of carboxylic acid groups (broad SMARTS) is 1. The fourth-order valence-electron chi connectivity index (χ4n) is 1.52. The minimum Gasteiger partial charge on any atom is -0.480 e. The van der Waals surface area contributed by atoms with Gasteiger partial charge in [-0.15, -0.1) is 0 Å². The van der Waals surface area contributed by atoms with Crippen LogP contribution in [0.5, 0.6) is 0 Å². The molecule has 0 saturated carbocycles. The Kier molecular flexibility index (Phi) is 5.82. The van der Waals surface area contributed by atoms with Gasteiger partial charge in [-0.05, 0) is 24.1 Å². The number of hydrogen-bond donors (Lipinski definition) is 2. The van der Waals surface area contributed by atoms with E-state index in [0.717, 1.165) is 0 Å². The van der Waals surface area contributed by atoms with Crippen LogP contribution in [-0.4, -0.2) is 25.5 Å². The number of halogens is 2. The lowest BCUT2D eigenvalue weighted by molar-refractivity contribution is -0.140. The van der Waals surface area contributed by atoms with Gasteiger partial charge < -0.3 is 5.11 Å². The molecule has 0 spiro atoms. The van der Waals surface area contributed by atoms with Gasteiger partial charge in [-0.25, -0.2) is 8.42 Å². The summed E-state index contributed by atoms with van der Waals surface area (Å²) >= 11 is 11.5. The summed E-state index contributed by atoms with van der Waals surface area (Å²) in [5, 5.41) is 9.42. The van der Waals surface area contributed by atoms with Gasteiger partial charge in [0.15, 0.2) is 0 Å². The van der Waals surface area contributed by atoms with E-state index in [4.69, 9.17) is 28.3 Å². The molecule has 8 heteroatoms. The topological polar surface area (TPSA) is 83.5 Å². The summed E-state index contributed by atoms with van der Waals surface area (Å²) in [6.07, 6.45) is 0.529. The van der Waals surface area contributed by atoms with Crippen molar-refractivity contribution in [3.63, 3.8) is 0 Å². The van der Waals surface area contributed by atoms with Crippen LogP contribution < -0.4 is 4.72 Å². The summed E-state index contributed by atoms with van der Waals surface area (Å²) in [5.74, 6) is -1.56. The van der Waals surface area contributed by atoms with E-state index >= 15 is 0 Å². The molecular weight excluding hydrogens is 325 g/mol. The molecule has 0 saturated heterocycles. The maximum atomic E-state index is 12.2. The van der Waals surface area contributed by atoms with Gasteiger partial charge in [-0.3, -0.25) is 4.79 Å². The molecule has 0 aliphatic rings. The monoisotopic (exact) mass is 339 g/mol. The first-order chi connectivity index (χ1) is 9.19. The van der Waals surface area contributed by atoms with Crippen molar-refractivity contribution in [3.8, 4) is 0 Å². The molecule has 5 nitrogen and oxygen atoms in total. The van der Waals surface area contributed by atoms with Crippen LogP contribution in [0.4, 0.5) is 0 Å². The van der Waals surface area contributed by atoms with Crippen molar-refractivity contribution >= 4 is 39.2 Å². The van der Waals surface area contributed by atoms with E-state index in [1.165, 1.54) is 18.2 Å². The number of aliphatic carboxylic acids is 1. The normalized spacial score (nSPS) is 14.8. The van der Waals surface area contributed by atoms with Crippen molar-refractivity contribution in [1.29, 1.82) is 0 Å². The Morgan fingerprint density at radius 3 is 2.40 bits per heavy atom. The molecule has 0 amide bonds. The van der Waals surface area contributed by atoms with Crippen LogP contribution in [-0.2, 0) is 14.8 Å². The number of benzene rings is 1. The zero-order chi connectivity index (χ0) is 15.5. The van der Waals surface area contributed by atoms with Crippen LogP contribution in [0.25, 0.3) is 0 Å². The van der Waals surface area contributed by atoms with Crippen LogP contribution in [0.3, 0.4) is 0 Å². The lowest BCUT2D eigenvalue weighted by atomic mass is 10.0. The van der Waals surface area contributed by atoms with Gasteiger partial charge in [0.1, 0.15) is 6.04 Å². The number of nitrogens with one attached hydrogen (secondary N) is 1. The SMILES string of the molecule is CCC(C)C(NS(=O)(=O)c1ccc(Cl)c(Cl)c1)C(=O)O. The summed E-state index contributed by atoms with van der Waals surface area (Å²) in [4.78, 5) is 11.0. The van der Waals surface area contributed by atoms with E-state index < -0.39 is 22.0 Å². The fraction of sp³-hybridized carbons (Fsp3) is 0.417. The Morgan fingerprint density at radius 2 is 1.95 bits per heavy atom. The Bertz CT molecular complexity index is 603. The van der Waals surface area contributed by atoms with Gasteiger partial charge >= 0.3 is 5.97 Å². The molecule has 112 valence electrons. The Hall–Kier alpha value is -0.820. The smallest absolute Gasteiger partial charge is 0.322 e. The molecule has 2 atom stereocenters. The molecule has 0 aliphatic carbocycles. The number of carbonyl (C=O) groups is 1. The van der Waals surface area contributed by atoms with Crippen LogP contribution in [0.1, 0.15) is 20.3 Å². The van der Waals surface area contributed by atoms with Crippen molar-refractivity contribution in [1.82, 2.24) is 4.72 Å². The first-order valence-corrected chi connectivity index (χ1v) is 8.13.